The first-order chi connectivity index (χ1) is 8.69. The van der Waals surface area contributed by atoms with Crippen molar-refractivity contribution >= 4 is 28.9 Å². The van der Waals surface area contributed by atoms with E-state index in [1.165, 1.54) is 18.4 Å². The molecular weight excluding hydrogens is 254 g/mol. The van der Waals surface area contributed by atoms with Crippen molar-refractivity contribution in [3.63, 3.8) is 0 Å². The van der Waals surface area contributed by atoms with Gasteiger partial charge in [-0.1, -0.05) is 0 Å². The number of anilines is 1. The topological polar surface area (TPSA) is 64.6 Å². The van der Waals surface area contributed by atoms with Crippen LogP contribution in [0, 0.1) is 0 Å². The monoisotopic (exact) mass is 271 g/mol. The van der Waals surface area contributed by atoms with Gasteiger partial charge in [0.15, 0.2) is 0 Å². The number of ether oxygens (including phenoxy) is 2. The first kappa shape index (κ1) is 14.7. The van der Waals surface area contributed by atoms with Gasteiger partial charge in [0, 0.05) is 19.6 Å². The Morgan fingerprint density at radius 2 is 2.22 bits per heavy atom. The SMILES string of the molecule is CCOCCCC(=O)Nc1ccsc1C(=O)OC. The van der Waals surface area contributed by atoms with Crippen LogP contribution in [0.15, 0.2) is 11.4 Å². The Balaban J connectivity index is 2.44. The molecule has 6 heteroatoms. The number of esters is 1. The molecule has 0 radical (unpaired) electrons. The van der Waals surface area contributed by atoms with Crippen molar-refractivity contribution in [1.29, 1.82) is 0 Å². The number of thiophene rings is 1. The average molecular weight is 271 g/mol. The molecule has 0 spiro atoms. The third-order valence-electron chi connectivity index (χ3n) is 2.21. The number of hydrogen-bond acceptors (Lipinski definition) is 5. The third kappa shape index (κ3) is 4.46. The molecule has 0 aliphatic heterocycles. The zero-order valence-electron chi connectivity index (χ0n) is 10.5. The van der Waals surface area contributed by atoms with Gasteiger partial charge < -0.3 is 14.8 Å². The van der Waals surface area contributed by atoms with Gasteiger partial charge in [0.1, 0.15) is 4.88 Å². The molecule has 1 rings (SSSR count). The molecule has 1 heterocycles. The molecule has 0 atom stereocenters. The average Bonchev–Trinajstić information content (AvgIpc) is 2.82. The molecule has 0 unspecified atom stereocenters. The van der Waals surface area contributed by atoms with E-state index in [-0.39, 0.29) is 5.91 Å². The van der Waals surface area contributed by atoms with Crippen LogP contribution in [0.4, 0.5) is 5.69 Å². The molecule has 0 saturated heterocycles. The summed E-state index contributed by atoms with van der Waals surface area (Å²) in [5.74, 6) is -0.562. The van der Waals surface area contributed by atoms with Crippen LogP contribution < -0.4 is 5.32 Å². The van der Waals surface area contributed by atoms with Gasteiger partial charge in [-0.15, -0.1) is 11.3 Å². The van der Waals surface area contributed by atoms with Crippen LogP contribution in [0.1, 0.15) is 29.4 Å². The highest BCUT2D eigenvalue weighted by Crippen LogP contribution is 2.23. The Hall–Kier alpha value is -1.40. The first-order valence-electron chi connectivity index (χ1n) is 5.72. The lowest BCUT2D eigenvalue weighted by Crippen LogP contribution is -2.14. The fraction of sp³-hybridized carbons (Fsp3) is 0.500. The number of carbonyl (C=O) groups excluding carboxylic acids is 2. The van der Waals surface area contributed by atoms with E-state index in [2.05, 4.69) is 10.1 Å². The summed E-state index contributed by atoms with van der Waals surface area (Å²) in [7, 11) is 1.32. The van der Waals surface area contributed by atoms with Crippen LogP contribution in [0.3, 0.4) is 0 Å². The van der Waals surface area contributed by atoms with Crippen molar-refractivity contribution in [1.82, 2.24) is 0 Å². The first-order valence-corrected chi connectivity index (χ1v) is 6.60. The number of rotatable bonds is 7. The zero-order valence-corrected chi connectivity index (χ0v) is 11.3. The van der Waals surface area contributed by atoms with E-state index < -0.39 is 5.97 Å². The van der Waals surface area contributed by atoms with E-state index in [0.717, 1.165) is 0 Å². The highest BCUT2D eigenvalue weighted by atomic mass is 32.1. The van der Waals surface area contributed by atoms with E-state index >= 15 is 0 Å². The molecule has 5 nitrogen and oxygen atoms in total. The summed E-state index contributed by atoms with van der Waals surface area (Å²) >= 11 is 1.24. The summed E-state index contributed by atoms with van der Waals surface area (Å²) in [4.78, 5) is 23.4. The summed E-state index contributed by atoms with van der Waals surface area (Å²) in [5.41, 5.74) is 0.508. The van der Waals surface area contributed by atoms with Crippen molar-refractivity contribution in [2.24, 2.45) is 0 Å². The molecule has 1 N–H and O–H groups in total. The number of carbonyl (C=O) groups is 2. The molecule has 1 aromatic heterocycles. The molecule has 0 fully saturated rings. The maximum absolute atomic E-state index is 11.6. The van der Waals surface area contributed by atoms with Crippen LogP contribution in [0.5, 0.6) is 0 Å². The minimum atomic E-state index is -0.436. The lowest BCUT2D eigenvalue weighted by atomic mass is 10.3. The van der Waals surface area contributed by atoms with Crippen LogP contribution >= 0.6 is 11.3 Å². The Bertz CT molecular complexity index is 403. The minimum absolute atomic E-state index is 0.127. The summed E-state index contributed by atoms with van der Waals surface area (Å²) in [6, 6.07) is 1.69. The van der Waals surface area contributed by atoms with Crippen molar-refractivity contribution in [2.75, 3.05) is 25.6 Å². The molecule has 0 saturated carbocycles. The molecule has 0 aromatic carbocycles. The maximum atomic E-state index is 11.6. The number of amides is 1. The van der Waals surface area contributed by atoms with E-state index in [1.54, 1.807) is 11.4 Å². The molecule has 1 aromatic rings. The smallest absolute Gasteiger partial charge is 0.350 e. The van der Waals surface area contributed by atoms with Crippen LogP contribution in [0.25, 0.3) is 0 Å². The molecule has 1 amide bonds. The van der Waals surface area contributed by atoms with E-state index in [1.807, 2.05) is 6.92 Å². The van der Waals surface area contributed by atoms with Gasteiger partial charge in [-0.3, -0.25) is 4.79 Å². The van der Waals surface area contributed by atoms with Crippen molar-refractivity contribution in [3.05, 3.63) is 16.3 Å². The number of methoxy groups -OCH3 is 1. The molecular formula is C12H17NO4S. The summed E-state index contributed by atoms with van der Waals surface area (Å²) in [6.07, 6.45) is 1.04. The van der Waals surface area contributed by atoms with E-state index in [0.29, 0.717) is 36.6 Å². The molecule has 0 aliphatic rings. The Morgan fingerprint density at radius 3 is 2.89 bits per heavy atom. The molecule has 18 heavy (non-hydrogen) atoms. The van der Waals surface area contributed by atoms with Gasteiger partial charge >= 0.3 is 5.97 Å². The maximum Gasteiger partial charge on any atom is 0.350 e. The number of nitrogens with one attached hydrogen (secondary N) is 1. The molecule has 0 bridgehead atoms. The Morgan fingerprint density at radius 1 is 1.44 bits per heavy atom. The Labute approximate surface area is 110 Å². The molecule has 100 valence electrons. The predicted molar refractivity (Wildman–Crippen MR) is 70.0 cm³/mol. The van der Waals surface area contributed by atoms with Gasteiger partial charge in [-0.05, 0) is 24.8 Å². The largest absolute Gasteiger partial charge is 0.465 e. The summed E-state index contributed by atoms with van der Waals surface area (Å²) < 4.78 is 9.78. The van der Waals surface area contributed by atoms with Crippen molar-refractivity contribution in [3.8, 4) is 0 Å². The normalized spacial score (nSPS) is 10.1. The van der Waals surface area contributed by atoms with Gasteiger partial charge in [0.2, 0.25) is 5.91 Å². The summed E-state index contributed by atoms with van der Waals surface area (Å²) in [6.45, 7) is 3.13. The second-order valence-corrected chi connectivity index (χ2v) is 4.42. The van der Waals surface area contributed by atoms with Crippen LogP contribution in [0.2, 0.25) is 0 Å². The second kappa shape index (κ2) is 7.84. The lowest BCUT2D eigenvalue weighted by Gasteiger charge is -2.05. The minimum Gasteiger partial charge on any atom is -0.465 e. The zero-order chi connectivity index (χ0) is 13.4. The van der Waals surface area contributed by atoms with E-state index in [4.69, 9.17) is 4.74 Å². The van der Waals surface area contributed by atoms with Gasteiger partial charge in [-0.25, -0.2) is 4.79 Å². The standard InChI is InChI=1S/C12H17NO4S/c1-3-17-7-4-5-10(14)13-9-6-8-18-11(9)12(15)16-2/h6,8H,3-5,7H2,1-2H3,(H,13,14). The fourth-order valence-electron chi connectivity index (χ4n) is 1.35. The van der Waals surface area contributed by atoms with Crippen molar-refractivity contribution < 1.29 is 19.1 Å². The van der Waals surface area contributed by atoms with E-state index in [9.17, 15) is 9.59 Å². The Kier molecular flexibility index (Phi) is 6.38. The second-order valence-electron chi connectivity index (χ2n) is 3.50. The highest BCUT2D eigenvalue weighted by molar-refractivity contribution is 7.12. The van der Waals surface area contributed by atoms with Gasteiger partial charge in [0.25, 0.3) is 0 Å². The highest BCUT2D eigenvalue weighted by Gasteiger charge is 2.15. The van der Waals surface area contributed by atoms with Crippen LogP contribution in [-0.2, 0) is 14.3 Å². The van der Waals surface area contributed by atoms with Gasteiger partial charge in [0.05, 0.1) is 12.8 Å². The van der Waals surface area contributed by atoms with Gasteiger partial charge in [-0.2, -0.15) is 0 Å². The fourth-order valence-corrected chi connectivity index (χ4v) is 2.12. The van der Waals surface area contributed by atoms with Crippen LogP contribution in [-0.4, -0.2) is 32.2 Å². The predicted octanol–water partition coefficient (Wildman–Crippen LogP) is 2.29. The third-order valence-corrected chi connectivity index (χ3v) is 3.10. The summed E-state index contributed by atoms with van der Waals surface area (Å²) in [5, 5.41) is 4.44. The quantitative estimate of drug-likeness (QED) is 0.610. The van der Waals surface area contributed by atoms with Crippen molar-refractivity contribution in [2.45, 2.75) is 19.8 Å². The number of hydrogen-bond donors (Lipinski definition) is 1. The molecule has 0 aliphatic carbocycles. The lowest BCUT2D eigenvalue weighted by molar-refractivity contribution is -0.116.